The molecular weight excluding hydrogens is 467 g/mol. The quantitative estimate of drug-likeness (QED) is 0.530. The second-order valence-corrected chi connectivity index (χ2v) is 8.21. The van der Waals surface area contributed by atoms with Crippen molar-refractivity contribution in [3.63, 3.8) is 0 Å². The van der Waals surface area contributed by atoms with Crippen LogP contribution in [0.2, 0.25) is 0 Å². The maximum Gasteiger partial charge on any atom is 0.242 e. The molecule has 1 aliphatic carbocycles. The first kappa shape index (κ1) is 19.0. The van der Waals surface area contributed by atoms with Crippen LogP contribution >= 0.6 is 22.6 Å². The summed E-state index contributed by atoms with van der Waals surface area (Å²) in [5.41, 5.74) is 2.89. The molecule has 1 saturated carbocycles. The SMILES string of the molecule is Cc1cnc(NC2CCC(Nc3ccc(-n4c(C)nc(C)c4I)cn3)C2)nn1. The highest BCUT2D eigenvalue weighted by molar-refractivity contribution is 14.1. The minimum Gasteiger partial charge on any atom is -0.367 e. The standard InChI is InChI=1S/C19H23IN8/c1-11-9-22-19(27-26-11)25-15-5-4-14(8-15)24-17-7-6-16(10-21-17)28-13(3)23-12(2)18(28)20/h6-7,9-10,14-15H,4-5,8H2,1-3H3,(H,21,24)(H,22,25,27). The third-order valence-corrected chi connectivity index (χ3v) is 6.21. The fraction of sp³-hybridized carbons (Fsp3) is 0.421. The summed E-state index contributed by atoms with van der Waals surface area (Å²) in [6.45, 7) is 5.92. The lowest BCUT2D eigenvalue weighted by atomic mass is 10.2. The van der Waals surface area contributed by atoms with Gasteiger partial charge in [-0.05, 0) is 74.8 Å². The van der Waals surface area contributed by atoms with Gasteiger partial charge in [-0.15, -0.1) is 5.10 Å². The Morgan fingerprint density at radius 3 is 2.39 bits per heavy atom. The van der Waals surface area contributed by atoms with Crippen LogP contribution in [-0.2, 0) is 0 Å². The summed E-state index contributed by atoms with van der Waals surface area (Å²) in [6, 6.07) is 4.85. The molecule has 28 heavy (non-hydrogen) atoms. The summed E-state index contributed by atoms with van der Waals surface area (Å²) in [5, 5.41) is 15.1. The van der Waals surface area contributed by atoms with Crippen molar-refractivity contribution in [2.24, 2.45) is 0 Å². The molecule has 0 aromatic carbocycles. The number of pyridine rings is 1. The van der Waals surface area contributed by atoms with Crippen LogP contribution in [0.1, 0.15) is 36.5 Å². The van der Waals surface area contributed by atoms with Gasteiger partial charge in [0, 0.05) is 12.1 Å². The minimum absolute atomic E-state index is 0.347. The van der Waals surface area contributed by atoms with E-state index in [-0.39, 0.29) is 0 Å². The Kier molecular flexibility index (Phi) is 5.42. The minimum atomic E-state index is 0.347. The van der Waals surface area contributed by atoms with Crippen LogP contribution < -0.4 is 10.6 Å². The summed E-state index contributed by atoms with van der Waals surface area (Å²) in [7, 11) is 0. The third-order valence-electron chi connectivity index (χ3n) is 4.95. The van der Waals surface area contributed by atoms with Gasteiger partial charge in [0.15, 0.2) is 0 Å². The lowest BCUT2D eigenvalue weighted by Crippen LogP contribution is -2.22. The molecule has 0 bridgehead atoms. The van der Waals surface area contributed by atoms with Crippen molar-refractivity contribution < 1.29 is 0 Å². The van der Waals surface area contributed by atoms with Crippen LogP contribution in [0.25, 0.3) is 5.69 Å². The predicted octanol–water partition coefficient (Wildman–Crippen LogP) is 3.43. The van der Waals surface area contributed by atoms with Crippen molar-refractivity contribution in [2.45, 2.75) is 52.1 Å². The molecule has 1 fully saturated rings. The first-order valence-corrected chi connectivity index (χ1v) is 10.4. The molecule has 0 radical (unpaired) electrons. The van der Waals surface area contributed by atoms with Crippen molar-refractivity contribution in [1.82, 2.24) is 29.7 Å². The largest absolute Gasteiger partial charge is 0.367 e. The van der Waals surface area contributed by atoms with Crippen LogP contribution in [-0.4, -0.2) is 41.8 Å². The Hall–Kier alpha value is -2.30. The van der Waals surface area contributed by atoms with Crippen molar-refractivity contribution in [1.29, 1.82) is 0 Å². The van der Waals surface area contributed by atoms with Crippen molar-refractivity contribution in [3.8, 4) is 5.69 Å². The molecule has 0 saturated heterocycles. The van der Waals surface area contributed by atoms with Crippen LogP contribution in [0.3, 0.4) is 0 Å². The van der Waals surface area contributed by atoms with E-state index < -0.39 is 0 Å². The molecule has 2 unspecified atom stereocenters. The normalized spacial score (nSPS) is 19.0. The molecule has 3 heterocycles. The Labute approximate surface area is 177 Å². The van der Waals surface area contributed by atoms with Gasteiger partial charge < -0.3 is 10.6 Å². The summed E-state index contributed by atoms with van der Waals surface area (Å²) in [6.07, 6.45) is 6.78. The topological polar surface area (TPSA) is 93.4 Å². The maximum atomic E-state index is 4.61. The molecule has 4 rings (SSSR count). The number of hydrogen-bond donors (Lipinski definition) is 2. The third kappa shape index (κ3) is 4.08. The summed E-state index contributed by atoms with van der Waals surface area (Å²) in [5.74, 6) is 2.47. The van der Waals surface area contributed by atoms with Gasteiger partial charge in [0.2, 0.25) is 5.95 Å². The molecule has 0 amide bonds. The zero-order valence-corrected chi connectivity index (χ0v) is 18.3. The van der Waals surface area contributed by atoms with E-state index in [0.29, 0.717) is 18.0 Å². The molecular formula is C19H23IN8. The Morgan fingerprint density at radius 1 is 1.00 bits per heavy atom. The highest BCUT2D eigenvalue weighted by Gasteiger charge is 2.25. The Morgan fingerprint density at radius 2 is 1.79 bits per heavy atom. The number of aromatic nitrogens is 6. The lowest BCUT2D eigenvalue weighted by Gasteiger charge is -2.15. The van der Waals surface area contributed by atoms with E-state index in [4.69, 9.17) is 0 Å². The highest BCUT2D eigenvalue weighted by atomic mass is 127. The van der Waals surface area contributed by atoms with Gasteiger partial charge in [-0.1, -0.05) is 0 Å². The number of rotatable bonds is 5. The van der Waals surface area contributed by atoms with Gasteiger partial charge >= 0.3 is 0 Å². The van der Waals surface area contributed by atoms with Crippen molar-refractivity contribution >= 4 is 34.4 Å². The summed E-state index contributed by atoms with van der Waals surface area (Å²) in [4.78, 5) is 13.4. The number of nitrogens with one attached hydrogen (secondary N) is 2. The van der Waals surface area contributed by atoms with E-state index in [1.165, 1.54) is 0 Å². The van der Waals surface area contributed by atoms with E-state index in [2.05, 4.69) is 69.0 Å². The number of hydrogen-bond acceptors (Lipinski definition) is 7. The fourth-order valence-electron chi connectivity index (χ4n) is 3.58. The average Bonchev–Trinajstić information content (AvgIpc) is 3.21. The second-order valence-electron chi connectivity index (χ2n) is 7.19. The predicted molar refractivity (Wildman–Crippen MR) is 117 cm³/mol. The van der Waals surface area contributed by atoms with Crippen LogP contribution in [0, 0.1) is 24.5 Å². The van der Waals surface area contributed by atoms with E-state index in [9.17, 15) is 0 Å². The molecule has 2 N–H and O–H groups in total. The molecule has 1 aliphatic rings. The molecule has 0 aliphatic heterocycles. The fourth-order valence-corrected chi connectivity index (χ4v) is 4.33. The van der Waals surface area contributed by atoms with Crippen LogP contribution in [0.15, 0.2) is 24.5 Å². The van der Waals surface area contributed by atoms with Crippen molar-refractivity contribution in [2.75, 3.05) is 10.6 Å². The first-order valence-electron chi connectivity index (χ1n) is 9.37. The van der Waals surface area contributed by atoms with Crippen molar-refractivity contribution in [3.05, 3.63) is 45.4 Å². The zero-order chi connectivity index (χ0) is 19.7. The van der Waals surface area contributed by atoms with Gasteiger partial charge in [-0.2, -0.15) is 5.10 Å². The van der Waals surface area contributed by atoms with Crippen LogP contribution in [0.4, 0.5) is 11.8 Å². The Balaban J connectivity index is 1.37. The van der Waals surface area contributed by atoms with Gasteiger partial charge in [-0.3, -0.25) is 4.57 Å². The summed E-state index contributed by atoms with van der Waals surface area (Å²) >= 11 is 2.33. The number of anilines is 2. The number of halogens is 1. The number of imidazole rings is 1. The highest BCUT2D eigenvalue weighted by Crippen LogP contribution is 2.25. The molecule has 8 nitrogen and oxygen atoms in total. The molecule has 3 aromatic heterocycles. The van der Waals surface area contributed by atoms with Gasteiger partial charge in [-0.25, -0.2) is 15.0 Å². The van der Waals surface area contributed by atoms with Gasteiger partial charge in [0.25, 0.3) is 0 Å². The zero-order valence-electron chi connectivity index (χ0n) is 16.1. The molecule has 2 atom stereocenters. The van der Waals surface area contributed by atoms with Crippen LogP contribution in [0.5, 0.6) is 0 Å². The molecule has 0 spiro atoms. The summed E-state index contributed by atoms with van der Waals surface area (Å²) < 4.78 is 3.24. The average molecular weight is 490 g/mol. The maximum absolute atomic E-state index is 4.61. The van der Waals surface area contributed by atoms with Gasteiger partial charge in [0.05, 0.1) is 29.5 Å². The number of aryl methyl sites for hydroxylation is 3. The van der Waals surface area contributed by atoms with E-state index in [1.807, 2.05) is 33.0 Å². The second kappa shape index (κ2) is 7.98. The van der Waals surface area contributed by atoms with E-state index in [0.717, 1.165) is 51.7 Å². The van der Waals surface area contributed by atoms with Gasteiger partial charge in [0.1, 0.15) is 15.3 Å². The monoisotopic (exact) mass is 490 g/mol. The number of nitrogens with zero attached hydrogens (tertiary/aromatic N) is 6. The molecule has 146 valence electrons. The van der Waals surface area contributed by atoms with E-state index >= 15 is 0 Å². The smallest absolute Gasteiger partial charge is 0.242 e. The lowest BCUT2D eigenvalue weighted by molar-refractivity contribution is 0.712. The van der Waals surface area contributed by atoms with E-state index in [1.54, 1.807) is 6.20 Å². The molecule has 9 heteroatoms. The Bertz CT molecular complexity index is 951. The molecule has 3 aromatic rings. The first-order chi connectivity index (χ1) is 13.5.